The van der Waals surface area contributed by atoms with E-state index >= 15 is 0 Å². The van der Waals surface area contributed by atoms with Crippen molar-refractivity contribution in [1.29, 1.82) is 0 Å². The van der Waals surface area contributed by atoms with Gasteiger partial charge in [0, 0.05) is 34.8 Å². The Bertz CT molecular complexity index is 1070. The molecule has 0 fully saturated rings. The van der Waals surface area contributed by atoms with Gasteiger partial charge in [0.1, 0.15) is 5.75 Å². The van der Waals surface area contributed by atoms with Crippen molar-refractivity contribution in [2.45, 2.75) is 13.8 Å². The Morgan fingerprint density at radius 2 is 1.70 bits per heavy atom. The molecule has 0 saturated heterocycles. The summed E-state index contributed by atoms with van der Waals surface area (Å²) in [5.41, 5.74) is 5.26. The molecule has 3 rings (SSSR count). The highest BCUT2D eigenvalue weighted by Crippen LogP contribution is 2.17. The maximum Gasteiger partial charge on any atom is 0.271 e. The zero-order chi connectivity index (χ0) is 21.7. The Morgan fingerprint density at radius 1 is 1.03 bits per heavy atom. The number of hydrogen-bond donors (Lipinski definition) is 2. The topological polar surface area (TPSA) is 116 Å². The number of carbonyl (C=O) groups is 2. The zero-order valence-corrected chi connectivity index (χ0v) is 16.4. The zero-order valence-electron chi connectivity index (χ0n) is 16.4. The van der Waals surface area contributed by atoms with Crippen molar-refractivity contribution in [1.82, 2.24) is 4.68 Å². The van der Waals surface area contributed by atoms with Crippen molar-refractivity contribution >= 4 is 23.2 Å². The van der Waals surface area contributed by atoms with Gasteiger partial charge in [0.2, 0.25) is 0 Å². The molecule has 2 amide bonds. The van der Waals surface area contributed by atoms with Crippen LogP contribution in [0, 0.1) is 24.0 Å². The largest absolute Gasteiger partial charge is 0.484 e. The Balaban J connectivity index is 1.54. The number of nitro benzene ring substituents is 1. The van der Waals surface area contributed by atoms with Gasteiger partial charge < -0.3 is 10.1 Å². The number of nitro groups is 1. The number of amides is 2. The van der Waals surface area contributed by atoms with Gasteiger partial charge in [0.25, 0.3) is 17.5 Å². The van der Waals surface area contributed by atoms with Crippen LogP contribution in [0.1, 0.15) is 21.7 Å². The molecule has 0 aliphatic carbocycles. The number of nitrogens with one attached hydrogen (secondary N) is 2. The first-order valence-corrected chi connectivity index (χ1v) is 9.07. The summed E-state index contributed by atoms with van der Waals surface area (Å²) in [7, 11) is 0. The number of aromatic nitrogens is 1. The molecule has 154 valence electrons. The van der Waals surface area contributed by atoms with E-state index in [9.17, 15) is 19.7 Å². The van der Waals surface area contributed by atoms with E-state index in [1.54, 1.807) is 35.0 Å². The summed E-state index contributed by atoms with van der Waals surface area (Å²) in [4.78, 5) is 34.6. The fraction of sp³-hybridized carbons (Fsp3) is 0.143. The summed E-state index contributed by atoms with van der Waals surface area (Å²) in [5, 5.41) is 13.3. The van der Waals surface area contributed by atoms with Crippen LogP contribution in [-0.4, -0.2) is 28.0 Å². The van der Waals surface area contributed by atoms with E-state index in [-0.39, 0.29) is 18.2 Å². The number of carbonyl (C=O) groups excluding carboxylic acids is 2. The smallest absolute Gasteiger partial charge is 0.271 e. The molecule has 0 saturated carbocycles. The first kappa shape index (κ1) is 20.6. The SMILES string of the molecule is Cc1ccc(C)n1NC(=O)c1ccc(OCC(=O)Nc2cccc([N+](=O)[O-])c2)cc1. The number of benzene rings is 2. The minimum absolute atomic E-state index is 0.118. The van der Waals surface area contributed by atoms with Crippen LogP contribution in [0.5, 0.6) is 5.75 Å². The normalized spacial score (nSPS) is 10.3. The maximum atomic E-state index is 12.4. The molecule has 0 radical (unpaired) electrons. The monoisotopic (exact) mass is 408 g/mol. The van der Waals surface area contributed by atoms with E-state index < -0.39 is 10.8 Å². The standard InChI is InChI=1S/C21H20N4O5/c1-14-6-7-15(2)24(14)23-21(27)16-8-10-19(11-9-16)30-13-20(26)22-17-4-3-5-18(12-17)25(28)29/h3-12H,13H2,1-2H3,(H,22,26)(H,23,27). The van der Waals surface area contributed by atoms with E-state index in [4.69, 9.17) is 4.74 Å². The first-order valence-electron chi connectivity index (χ1n) is 9.07. The number of non-ortho nitro benzene ring substituents is 1. The summed E-state index contributed by atoms with van der Waals surface area (Å²) >= 11 is 0. The second-order valence-electron chi connectivity index (χ2n) is 6.56. The van der Waals surface area contributed by atoms with Crippen molar-refractivity contribution in [3.05, 3.63) is 87.7 Å². The Morgan fingerprint density at radius 3 is 2.33 bits per heavy atom. The molecule has 3 aromatic rings. The van der Waals surface area contributed by atoms with Gasteiger partial charge in [0.15, 0.2) is 6.61 Å². The molecule has 0 atom stereocenters. The summed E-state index contributed by atoms with van der Waals surface area (Å²) in [6.45, 7) is 3.50. The first-order chi connectivity index (χ1) is 14.3. The average molecular weight is 408 g/mol. The molecule has 0 spiro atoms. The van der Waals surface area contributed by atoms with Crippen LogP contribution in [0.4, 0.5) is 11.4 Å². The van der Waals surface area contributed by atoms with Crippen molar-refractivity contribution < 1.29 is 19.2 Å². The predicted octanol–water partition coefficient (Wildman–Crippen LogP) is 3.41. The van der Waals surface area contributed by atoms with Crippen LogP contribution in [0.25, 0.3) is 0 Å². The lowest BCUT2D eigenvalue weighted by molar-refractivity contribution is -0.384. The van der Waals surface area contributed by atoms with Crippen LogP contribution >= 0.6 is 0 Å². The molecule has 0 aliphatic rings. The summed E-state index contributed by atoms with van der Waals surface area (Å²) in [6, 6.07) is 15.8. The van der Waals surface area contributed by atoms with Gasteiger partial charge in [-0.15, -0.1) is 0 Å². The van der Waals surface area contributed by atoms with Crippen molar-refractivity contribution in [2.75, 3.05) is 17.3 Å². The van der Waals surface area contributed by atoms with E-state index in [0.717, 1.165) is 11.4 Å². The third-order valence-corrected chi connectivity index (χ3v) is 4.31. The fourth-order valence-electron chi connectivity index (χ4n) is 2.76. The van der Waals surface area contributed by atoms with E-state index in [2.05, 4.69) is 10.7 Å². The van der Waals surface area contributed by atoms with E-state index in [1.807, 2.05) is 26.0 Å². The minimum Gasteiger partial charge on any atom is -0.484 e. The lowest BCUT2D eigenvalue weighted by Gasteiger charge is -2.12. The molecular weight excluding hydrogens is 388 g/mol. The highest BCUT2D eigenvalue weighted by molar-refractivity contribution is 6.00. The van der Waals surface area contributed by atoms with E-state index in [1.165, 1.54) is 18.2 Å². The van der Waals surface area contributed by atoms with Crippen LogP contribution < -0.4 is 15.5 Å². The number of hydrogen-bond acceptors (Lipinski definition) is 5. The highest BCUT2D eigenvalue weighted by atomic mass is 16.6. The minimum atomic E-state index is -0.539. The Hall–Kier alpha value is -4.14. The maximum absolute atomic E-state index is 12.4. The molecule has 0 aliphatic heterocycles. The molecule has 30 heavy (non-hydrogen) atoms. The highest BCUT2D eigenvalue weighted by Gasteiger charge is 2.11. The number of nitrogens with zero attached hydrogens (tertiary/aromatic N) is 2. The second-order valence-corrected chi connectivity index (χ2v) is 6.56. The molecular formula is C21H20N4O5. The number of rotatable bonds is 7. The average Bonchev–Trinajstić information content (AvgIpc) is 3.04. The fourth-order valence-corrected chi connectivity index (χ4v) is 2.76. The van der Waals surface area contributed by atoms with Crippen LogP contribution in [-0.2, 0) is 4.79 Å². The third-order valence-electron chi connectivity index (χ3n) is 4.31. The molecule has 2 aromatic carbocycles. The van der Waals surface area contributed by atoms with Gasteiger partial charge in [-0.05, 0) is 56.3 Å². The lowest BCUT2D eigenvalue weighted by atomic mass is 10.2. The lowest BCUT2D eigenvalue weighted by Crippen LogP contribution is -2.24. The molecule has 1 aromatic heterocycles. The number of ether oxygens (including phenoxy) is 1. The van der Waals surface area contributed by atoms with Crippen molar-refractivity contribution in [3.63, 3.8) is 0 Å². The number of aryl methyl sites for hydroxylation is 2. The molecule has 0 unspecified atom stereocenters. The summed E-state index contributed by atoms with van der Waals surface area (Å²) in [6.07, 6.45) is 0. The second kappa shape index (κ2) is 8.91. The van der Waals surface area contributed by atoms with Gasteiger partial charge >= 0.3 is 0 Å². The van der Waals surface area contributed by atoms with E-state index in [0.29, 0.717) is 17.0 Å². The van der Waals surface area contributed by atoms with Crippen LogP contribution in [0.3, 0.4) is 0 Å². The summed E-state index contributed by atoms with van der Waals surface area (Å²) < 4.78 is 7.11. The van der Waals surface area contributed by atoms with Crippen LogP contribution in [0.15, 0.2) is 60.7 Å². The van der Waals surface area contributed by atoms with Crippen molar-refractivity contribution in [3.8, 4) is 5.75 Å². The van der Waals surface area contributed by atoms with Gasteiger partial charge in [0.05, 0.1) is 4.92 Å². The molecule has 0 bridgehead atoms. The summed E-state index contributed by atoms with van der Waals surface area (Å²) in [5.74, 6) is -0.322. The number of anilines is 1. The Kier molecular flexibility index (Phi) is 6.11. The molecule has 1 heterocycles. The van der Waals surface area contributed by atoms with Gasteiger partial charge in [-0.3, -0.25) is 29.8 Å². The van der Waals surface area contributed by atoms with Crippen LogP contribution in [0.2, 0.25) is 0 Å². The molecule has 2 N–H and O–H groups in total. The van der Waals surface area contributed by atoms with Gasteiger partial charge in [-0.1, -0.05) is 6.07 Å². The van der Waals surface area contributed by atoms with Crippen molar-refractivity contribution in [2.24, 2.45) is 0 Å². The van der Waals surface area contributed by atoms with Gasteiger partial charge in [-0.25, -0.2) is 0 Å². The Labute approximate surface area is 172 Å². The quantitative estimate of drug-likeness (QED) is 0.459. The molecule has 9 nitrogen and oxygen atoms in total. The van der Waals surface area contributed by atoms with Gasteiger partial charge in [-0.2, -0.15) is 0 Å². The molecule has 9 heteroatoms. The predicted molar refractivity (Wildman–Crippen MR) is 111 cm³/mol. The third kappa shape index (κ3) is 5.02.